The first-order valence-electron chi connectivity index (χ1n) is 6.51. The van der Waals surface area contributed by atoms with Crippen molar-refractivity contribution in [1.29, 1.82) is 0 Å². The molecule has 1 atom stereocenters. The van der Waals surface area contributed by atoms with Gasteiger partial charge in [-0.05, 0) is 18.1 Å². The summed E-state index contributed by atoms with van der Waals surface area (Å²) in [5.74, 6) is -1.44. The Hall–Kier alpha value is -2.14. The van der Waals surface area contributed by atoms with Gasteiger partial charge in [-0.15, -0.1) is 0 Å². The highest BCUT2D eigenvalue weighted by atomic mass is 16.6. The van der Waals surface area contributed by atoms with Crippen LogP contribution in [0.3, 0.4) is 0 Å². The third kappa shape index (κ3) is 2.23. The summed E-state index contributed by atoms with van der Waals surface area (Å²) in [7, 11) is 2.45. The van der Waals surface area contributed by atoms with Crippen LogP contribution in [0.2, 0.25) is 0 Å². The first-order chi connectivity index (χ1) is 9.98. The van der Waals surface area contributed by atoms with Gasteiger partial charge in [-0.3, -0.25) is 9.59 Å². The highest BCUT2D eigenvalue weighted by molar-refractivity contribution is 6.05. The molecule has 0 aliphatic carbocycles. The van der Waals surface area contributed by atoms with Gasteiger partial charge in [0.25, 0.3) is 0 Å². The van der Waals surface area contributed by atoms with Gasteiger partial charge in [0.1, 0.15) is 6.10 Å². The second-order valence-electron chi connectivity index (χ2n) is 5.00. The predicted molar refractivity (Wildman–Crippen MR) is 75.5 cm³/mol. The van der Waals surface area contributed by atoms with Crippen molar-refractivity contribution in [1.82, 2.24) is 0 Å². The number of ether oxygens (including phenoxy) is 3. The largest absolute Gasteiger partial charge is 0.468 e. The van der Waals surface area contributed by atoms with Gasteiger partial charge in [-0.25, -0.2) is 0 Å². The number of aryl methyl sites for hydroxylation is 1. The fraction of sp³-hybridized carbons (Fsp3) is 0.375. The SMILES string of the molecule is C=C1COC(c2ccc(C)cc2)C1(C(=O)OC)C(=O)OC. The lowest BCUT2D eigenvalue weighted by Crippen LogP contribution is -2.44. The molecule has 1 aromatic rings. The molecule has 0 N–H and O–H groups in total. The molecule has 0 saturated carbocycles. The smallest absolute Gasteiger partial charge is 0.330 e. The average Bonchev–Trinajstić information content (AvgIpc) is 2.84. The molecule has 1 unspecified atom stereocenters. The molecule has 0 radical (unpaired) electrons. The average molecular weight is 290 g/mol. The van der Waals surface area contributed by atoms with Crippen molar-refractivity contribution in [3.05, 3.63) is 47.5 Å². The summed E-state index contributed by atoms with van der Waals surface area (Å²) in [5, 5.41) is 0. The molecular formula is C16H18O5. The van der Waals surface area contributed by atoms with E-state index in [0.29, 0.717) is 11.1 Å². The van der Waals surface area contributed by atoms with Crippen LogP contribution >= 0.6 is 0 Å². The van der Waals surface area contributed by atoms with Gasteiger partial charge in [0.2, 0.25) is 5.41 Å². The number of hydrogen-bond donors (Lipinski definition) is 0. The third-order valence-corrected chi connectivity index (χ3v) is 3.77. The molecule has 1 saturated heterocycles. The van der Waals surface area contributed by atoms with E-state index in [2.05, 4.69) is 6.58 Å². The monoisotopic (exact) mass is 290 g/mol. The van der Waals surface area contributed by atoms with E-state index in [9.17, 15) is 9.59 Å². The number of methoxy groups -OCH3 is 2. The minimum atomic E-state index is -1.65. The zero-order chi connectivity index (χ0) is 15.6. The van der Waals surface area contributed by atoms with Gasteiger partial charge >= 0.3 is 11.9 Å². The molecule has 112 valence electrons. The van der Waals surface area contributed by atoms with Gasteiger partial charge < -0.3 is 14.2 Å². The van der Waals surface area contributed by atoms with Gasteiger partial charge in [-0.1, -0.05) is 36.4 Å². The summed E-state index contributed by atoms with van der Waals surface area (Å²) in [6, 6.07) is 7.41. The van der Waals surface area contributed by atoms with Crippen LogP contribution in [0.25, 0.3) is 0 Å². The van der Waals surface area contributed by atoms with E-state index in [4.69, 9.17) is 14.2 Å². The van der Waals surface area contributed by atoms with Crippen LogP contribution in [0.5, 0.6) is 0 Å². The van der Waals surface area contributed by atoms with Crippen molar-refractivity contribution >= 4 is 11.9 Å². The predicted octanol–water partition coefficient (Wildman–Crippen LogP) is 1.95. The number of carbonyl (C=O) groups is 2. The van der Waals surface area contributed by atoms with Gasteiger partial charge in [0, 0.05) is 0 Å². The van der Waals surface area contributed by atoms with Crippen molar-refractivity contribution in [3.63, 3.8) is 0 Å². The molecule has 1 aliphatic rings. The minimum absolute atomic E-state index is 0.0999. The summed E-state index contributed by atoms with van der Waals surface area (Å²) in [6.45, 7) is 5.86. The second kappa shape index (κ2) is 5.69. The van der Waals surface area contributed by atoms with Crippen LogP contribution in [-0.4, -0.2) is 32.8 Å². The van der Waals surface area contributed by atoms with E-state index >= 15 is 0 Å². The molecule has 1 heterocycles. The number of benzene rings is 1. The van der Waals surface area contributed by atoms with Crippen molar-refractivity contribution in [2.45, 2.75) is 13.0 Å². The van der Waals surface area contributed by atoms with Gasteiger partial charge in [0.05, 0.1) is 20.8 Å². The number of esters is 2. The van der Waals surface area contributed by atoms with Crippen LogP contribution in [0.4, 0.5) is 0 Å². The number of carbonyl (C=O) groups excluding carboxylic acids is 2. The van der Waals surface area contributed by atoms with E-state index in [1.54, 1.807) is 0 Å². The van der Waals surface area contributed by atoms with Crippen LogP contribution in [0, 0.1) is 12.3 Å². The maximum absolute atomic E-state index is 12.3. The molecule has 0 bridgehead atoms. The Morgan fingerprint density at radius 3 is 2.19 bits per heavy atom. The molecular weight excluding hydrogens is 272 g/mol. The quantitative estimate of drug-likeness (QED) is 0.484. The van der Waals surface area contributed by atoms with Crippen LogP contribution < -0.4 is 0 Å². The lowest BCUT2D eigenvalue weighted by molar-refractivity contribution is -0.171. The molecule has 1 aromatic carbocycles. The Labute approximate surface area is 123 Å². The normalized spacial score (nSPS) is 20.1. The number of rotatable bonds is 3. The molecule has 5 nitrogen and oxygen atoms in total. The maximum Gasteiger partial charge on any atom is 0.330 e. The molecule has 0 spiro atoms. The molecule has 2 rings (SSSR count). The van der Waals surface area contributed by atoms with Crippen molar-refractivity contribution in [2.24, 2.45) is 5.41 Å². The minimum Gasteiger partial charge on any atom is -0.468 e. The molecule has 1 fully saturated rings. The highest BCUT2D eigenvalue weighted by Gasteiger charge is 2.61. The Morgan fingerprint density at radius 1 is 1.19 bits per heavy atom. The van der Waals surface area contributed by atoms with Gasteiger partial charge in [-0.2, -0.15) is 0 Å². The van der Waals surface area contributed by atoms with Crippen LogP contribution in [0.15, 0.2) is 36.4 Å². The maximum atomic E-state index is 12.3. The lowest BCUT2D eigenvalue weighted by Gasteiger charge is -2.29. The van der Waals surface area contributed by atoms with Crippen molar-refractivity contribution in [2.75, 3.05) is 20.8 Å². The van der Waals surface area contributed by atoms with E-state index in [1.807, 2.05) is 31.2 Å². The van der Waals surface area contributed by atoms with E-state index < -0.39 is 23.5 Å². The standard InChI is InChI=1S/C16H18O5/c1-10-5-7-12(8-6-10)13-16(14(17)19-3,15(18)20-4)11(2)9-21-13/h5-8,13H,2,9H2,1,3-4H3. The summed E-state index contributed by atoms with van der Waals surface area (Å²) in [6.07, 6.45) is -0.800. The summed E-state index contributed by atoms with van der Waals surface area (Å²) in [5.41, 5.74) is 0.456. The third-order valence-electron chi connectivity index (χ3n) is 3.77. The Balaban J connectivity index is 2.57. The highest BCUT2D eigenvalue weighted by Crippen LogP contribution is 2.49. The first-order valence-corrected chi connectivity index (χ1v) is 6.51. The fourth-order valence-corrected chi connectivity index (χ4v) is 2.60. The first kappa shape index (κ1) is 15.3. The van der Waals surface area contributed by atoms with E-state index in [1.165, 1.54) is 14.2 Å². The summed E-state index contributed by atoms with van der Waals surface area (Å²) >= 11 is 0. The van der Waals surface area contributed by atoms with Crippen molar-refractivity contribution in [3.8, 4) is 0 Å². The second-order valence-corrected chi connectivity index (χ2v) is 5.00. The lowest BCUT2D eigenvalue weighted by atomic mass is 9.75. The number of hydrogen-bond acceptors (Lipinski definition) is 5. The topological polar surface area (TPSA) is 61.8 Å². The van der Waals surface area contributed by atoms with Gasteiger partial charge in [0.15, 0.2) is 0 Å². The molecule has 1 aliphatic heterocycles. The van der Waals surface area contributed by atoms with E-state index in [0.717, 1.165) is 5.56 Å². The Morgan fingerprint density at radius 2 is 1.71 bits per heavy atom. The fourth-order valence-electron chi connectivity index (χ4n) is 2.60. The Bertz CT molecular complexity index is 557. The zero-order valence-electron chi connectivity index (χ0n) is 12.3. The van der Waals surface area contributed by atoms with Crippen LogP contribution in [-0.2, 0) is 23.8 Å². The molecule has 21 heavy (non-hydrogen) atoms. The van der Waals surface area contributed by atoms with Crippen molar-refractivity contribution < 1.29 is 23.8 Å². The summed E-state index contributed by atoms with van der Waals surface area (Å²) in [4.78, 5) is 24.7. The zero-order valence-corrected chi connectivity index (χ0v) is 12.3. The molecule has 0 amide bonds. The Kier molecular flexibility index (Phi) is 4.14. The molecule has 5 heteroatoms. The molecule has 0 aromatic heterocycles. The summed E-state index contributed by atoms with van der Waals surface area (Å²) < 4.78 is 15.3. The van der Waals surface area contributed by atoms with Crippen LogP contribution in [0.1, 0.15) is 17.2 Å². The van der Waals surface area contributed by atoms with E-state index in [-0.39, 0.29) is 6.61 Å².